The number of carbonyl (C=O) groups excluding carboxylic acids is 2. The van der Waals surface area contributed by atoms with Gasteiger partial charge < -0.3 is 26.2 Å². The van der Waals surface area contributed by atoms with Crippen LogP contribution in [0.15, 0.2) is 66.8 Å². The Balaban J connectivity index is 2.01. The van der Waals surface area contributed by atoms with Crippen LogP contribution in [0.3, 0.4) is 0 Å². The molecule has 0 fully saturated rings. The molecular formula is C25H25ClFN3O4S. The number of anilines is 1. The fourth-order valence-corrected chi connectivity index (χ4v) is 4.08. The molecule has 0 bridgehead atoms. The zero-order valence-corrected chi connectivity index (χ0v) is 20.5. The first-order valence-electron chi connectivity index (χ1n) is 10.8. The molecule has 0 heterocycles. The van der Waals surface area contributed by atoms with Gasteiger partial charge in [0.1, 0.15) is 10.8 Å². The molecule has 2 unspecified atom stereocenters. The molecular weight excluding hydrogens is 493 g/mol. The minimum Gasteiger partial charge on any atom is -0.360 e. The summed E-state index contributed by atoms with van der Waals surface area (Å²) in [5.41, 5.74) is 6.44. The average Bonchev–Trinajstić information content (AvgIpc) is 2.81. The van der Waals surface area contributed by atoms with Crippen LogP contribution >= 0.6 is 23.8 Å². The minimum absolute atomic E-state index is 0.118. The number of ether oxygens (including phenoxy) is 1. The average molecular weight is 518 g/mol. The Hall–Kier alpha value is -3.11. The van der Waals surface area contributed by atoms with Gasteiger partial charge in [-0.2, -0.15) is 0 Å². The van der Waals surface area contributed by atoms with Gasteiger partial charge in [-0.25, -0.2) is 9.18 Å². The lowest BCUT2D eigenvalue weighted by Crippen LogP contribution is -2.60. The molecule has 184 valence electrons. The molecule has 0 saturated carbocycles. The topological polar surface area (TPSA) is 114 Å². The molecule has 0 spiro atoms. The van der Waals surface area contributed by atoms with E-state index in [-0.39, 0.29) is 17.2 Å². The molecule has 10 heteroatoms. The molecule has 2 atom stereocenters. The molecule has 0 radical (unpaired) electrons. The van der Waals surface area contributed by atoms with Crippen molar-refractivity contribution in [3.8, 4) is 0 Å². The van der Waals surface area contributed by atoms with Crippen LogP contribution in [-0.2, 0) is 4.74 Å². The van der Waals surface area contributed by atoms with Gasteiger partial charge in [0, 0.05) is 11.3 Å². The van der Waals surface area contributed by atoms with Crippen molar-refractivity contribution in [2.75, 3.05) is 11.9 Å². The van der Waals surface area contributed by atoms with Gasteiger partial charge in [-0.15, -0.1) is 11.6 Å². The van der Waals surface area contributed by atoms with E-state index in [4.69, 9.17) is 34.3 Å². The Kier molecular flexibility index (Phi) is 8.39. The number of hydrogen-bond acceptors (Lipinski definition) is 5. The standard InChI is InChI=1S/C25H25ClFN3O4S/c1-2-3-14-34-25(33)13-12-16(15-24(25,26)22(35)30-23(28)32)17-8-5-7-11-20(17)29-21(31)18-9-4-6-10-19(18)27/h4-13,15,33H,2-3,14H2,1H3,(H,29,31)(H3,28,30,32,35). The number of rotatable bonds is 8. The smallest absolute Gasteiger partial charge is 0.317 e. The van der Waals surface area contributed by atoms with E-state index >= 15 is 0 Å². The van der Waals surface area contributed by atoms with E-state index in [0.717, 1.165) is 6.42 Å². The lowest BCUT2D eigenvalue weighted by Gasteiger charge is -2.41. The van der Waals surface area contributed by atoms with Gasteiger partial charge in [0.2, 0.25) is 5.79 Å². The highest BCUT2D eigenvalue weighted by molar-refractivity contribution is 7.80. The van der Waals surface area contributed by atoms with E-state index in [1.165, 1.54) is 30.4 Å². The van der Waals surface area contributed by atoms with Crippen LogP contribution in [0.2, 0.25) is 0 Å². The quantitative estimate of drug-likeness (QED) is 0.178. The van der Waals surface area contributed by atoms with Gasteiger partial charge in [0.15, 0.2) is 4.87 Å². The highest BCUT2D eigenvalue weighted by Gasteiger charge is 2.53. The summed E-state index contributed by atoms with van der Waals surface area (Å²) < 4.78 is 19.8. The highest BCUT2D eigenvalue weighted by Crippen LogP contribution is 2.42. The number of halogens is 2. The summed E-state index contributed by atoms with van der Waals surface area (Å²) in [6, 6.07) is 11.4. The summed E-state index contributed by atoms with van der Waals surface area (Å²) in [5, 5.41) is 16.2. The number of hydrogen-bond donors (Lipinski definition) is 4. The summed E-state index contributed by atoms with van der Waals surface area (Å²) in [4.78, 5) is 22.0. The normalized spacial score (nSPS) is 21.2. The second-order valence-electron chi connectivity index (χ2n) is 7.84. The molecule has 1 aliphatic carbocycles. The summed E-state index contributed by atoms with van der Waals surface area (Å²) >= 11 is 12.1. The van der Waals surface area contributed by atoms with E-state index in [1.54, 1.807) is 36.4 Å². The van der Waals surface area contributed by atoms with E-state index in [9.17, 15) is 19.1 Å². The summed E-state index contributed by atoms with van der Waals surface area (Å²) in [6.07, 6.45) is 5.78. The number of benzene rings is 2. The van der Waals surface area contributed by atoms with Crippen LogP contribution in [0.5, 0.6) is 0 Å². The highest BCUT2D eigenvalue weighted by atomic mass is 35.5. The van der Waals surface area contributed by atoms with Crippen LogP contribution in [0.25, 0.3) is 5.57 Å². The third-order valence-corrected chi connectivity index (χ3v) is 6.46. The van der Waals surface area contributed by atoms with E-state index in [1.807, 2.05) is 6.92 Å². The van der Waals surface area contributed by atoms with Crippen molar-refractivity contribution in [2.45, 2.75) is 30.4 Å². The maximum absolute atomic E-state index is 14.1. The number of nitrogens with two attached hydrogens (primary N) is 1. The monoisotopic (exact) mass is 517 g/mol. The summed E-state index contributed by atoms with van der Waals surface area (Å²) in [5.74, 6) is -3.38. The van der Waals surface area contributed by atoms with Gasteiger partial charge in [-0.05, 0) is 42.3 Å². The Bertz CT molecular complexity index is 1200. The molecule has 5 N–H and O–H groups in total. The number of unbranched alkanes of at least 4 members (excludes halogenated alkanes) is 1. The largest absolute Gasteiger partial charge is 0.360 e. The zero-order chi connectivity index (χ0) is 25.6. The van der Waals surface area contributed by atoms with Crippen LogP contribution in [0.1, 0.15) is 35.7 Å². The van der Waals surface area contributed by atoms with E-state index in [0.29, 0.717) is 23.2 Å². The van der Waals surface area contributed by atoms with Crippen molar-refractivity contribution in [1.82, 2.24) is 5.32 Å². The van der Waals surface area contributed by atoms with Crippen molar-refractivity contribution < 1.29 is 23.8 Å². The van der Waals surface area contributed by atoms with Crippen molar-refractivity contribution in [2.24, 2.45) is 5.73 Å². The first-order chi connectivity index (χ1) is 16.6. The van der Waals surface area contributed by atoms with Crippen LogP contribution < -0.4 is 16.4 Å². The number of primary amides is 1. The van der Waals surface area contributed by atoms with Crippen molar-refractivity contribution in [3.05, 3.63) is 83.7 Å². The molecule has 0 saturated heterocycles. The Morgan fingerprint density at radius 1 is 1.20 bits per heavy atom. The van der Waals surface area contributed by atoms with Crippen LogP contribution in [0, 0.1) is 5.82 Å². The zero-order valence-electron chi connectivity index (χ0n) is 18.9. The summed E-state index contributed by atoms with van der Waals surface area (Å²) in [6.45, 7) is 2.14. The first kappa shape index (κ1) is 26.5. The predicted molar refractivity (Wildman–Crippen MR) is 138 cm³/mol. The summed E-state index contributed by atoms with van der Waals surface area (Å²) in [7, 11) is 0. The molecule has 3 amide bonds. The van der Waals surface area contributed by atoms with Crippen molar-refractivity contribution >= 4 is 52.0 Å². The van der Waals surface area contributed by atoms with Gasteiger partial charge in [-0.1, -0.05) is 62.0 Å². The molecule has 35 heavy (non-hydrogen) atoms. The molecule has 2 aromatic rings. The van der Waals surface area contributed by atoms with E-state index in [2.05, 4.69) is 10.6 Å². The van der Waals surface area contributed by atoms with Gasteiger partial charge in [0.05, 0.1) is 12.2 Å². The number of carbonyl (C=O) groups is 2. The van der Waals surface area contributed by atoms with Crippen molar-refractivity contribution in [1.29, 1.82) is 0 Å². The van der Waals surface area contributed by atoms with Gasteiger partial charge in [0.25, 0.3) is 5.91 Å². The second-order valence-corrected chi connectivity index (χ2v) is 8.85. The lowest BCUT2D eigenvalue weighted by molar-refractivity contribution is -0.172. The number of aliphatic hydroxyl groups is 1. The van der Waals surface area contributed by atoms with Crippen LogP contribution in [0.4, 0.5) is 14.9 Å². The maximum atomic E-state index is 14.1. The molecule has 0 aliphatic heterocycles. The first-order valence-corrected chi connectivity index (χ1v) is 11.6. The third kappa shape index (κ3) is 5.76. The lowest BCUT2D eigenvalue weighted by atomic mass is 9.86. The SMILES string of the molecule is CCCCOC1(O)C=CC(c2ccccc2NC(=O)c2ccccc2F)=CC1(Cl)C(=S)NC(N)=O. The fraction of sp³-hybridized carbons (Fsp3) is 0.240. The van der Waals surface area contributed by atoms with Gasteiger partial charge in [-0.3, -0.25) is 4.79 Å². The van der Waals surface area contributed by atoms with Crippen molar-refractivity contribution in [3.63, 3.8) is 0 Å². The number of allylic oxidation sites excluding steroid dienone is 2. The molecule has 7 nitrogen and oxygen atoms in total. The Morgan fingerprint density at radius 2 is 1.89 bits per heavy atom. The minimum atomic E-state index is -2.09. The maximum Gasteiger partial charge on any atom is 0.317 e. The molecule has 3 rings (SSSR count). The number of thiocarbonyl (C=S) groups is 1. The van der Waals surface area contributed by atoms with Gasteiger partial charge >= 0.3 is 6.03 Å². The fourth-order valence-electron chi connectivity index (χ4n) is 3.49. The number of alkyl halides is 1. The van der Waals surface area contributed by atoms with E-state index < -0.39 is 28.4 Å². The second kappa shape index (κ2) is 11.1. The molecule has 0 aromatic heterocycles. The number of nitrogens with one attached hydrogen (secondary N) is 2. The Labute approximate surface area is 212 Å². The molecule has 1 aliphatic rings. The number of para-hydroxylation sites is 1. The third-order valence-electron chi connectivity index (χ3n) is 5.36. The Morgan fingerprint density at radius 3 is 2.57 bits per heavy atom. The number of urea groups is 1. The molecule has 2 aromatic carbocycles. The number of amides is 3. The predicted octanol–water partition coefficient (Wildman–Crippen LogP) is 4.51. The van der Waals surface area contributed by atoms with Crippen LogP contribution in [-0.4, -0.2) is 39.3 Å².